The quantitative estimate of drug-likeness (QED) is 0.353. The number of aliphatic hydroxyl groups is 4. The minimum atomic E-state index is -1.35. The highest BCUT2D eigenvalue weighted by Gasteiger charge is 2.39. The monoisotopic (exact) mass is 220 g/mol. The lowest BCUT2D eigenvalue weighted by Gasteiger charge is -2.17. The van der Waals surface area contributed by atoms with Crippen LogP contribution < -0.4 is 0 Å². The van der Waals surface area contributed by atoms with E-state index in [0.29, 0.717) is 0 Å². The first-order chi connectivity index (χ1) is 6.93. The maximum absolute atomic E-state index is 10.7. The van der Waals surface area contributed by atoms with E-state index in [1.165, 1.54) is 6.92 Å². The summed E-state index contributed by atoms with van der Waals surface area (Å²) < 4.78 is 9.09. The number of carbonyl (C=O) groups excluding carboxylic acids is 1. The molecule has 7 nitrogen and oxygen atoms in total. The molecule has 0 saturated heterocycles. The van der Waals surface area contributed by atoms with E-state index < -0.39 is 36.0 Å². The fraction of sp³-hybridized carbons (Fsp3) is 0.625. The molecule has 0 saturated carbocycles. The molecule has 0 radical (unpaired) electrons. The molecule has 86 valence electrons. The van der Waals surface area contributed by atoms with Gasteiger partial charge in [0.05, 0.1) is 6.61 Å². The second-order valence-corrected chi connectivity index (χ2v) is 3.06. The van der Waals surface area contributed by atoms with Gasteiger partial charge in [0.15, 0.2) is 18.2 Å². The average Bonchev–Trinajstić information content (AvgIpc) is 2.42. The molecule has 0 aromatic heterocycles. The lowest BCUT2D eigenvalue weighted by Crippen LogP contribution is -2.34. The van der Waals surface area contributed by atoms with Crippen molar-refractivity contribution < 1.29 is 34.7 Å². The van der Waals surface area contributed by atoms with Crippen molar-refractivity contribution in [2.45, 2.75) is 25.4 Å². The van der Waals surface area contributed by atoms with E-state index in [1.807, 2.05) is 0 Å². The maximum Gasteiger partial charge on any atom is 0.377 e. The maximum atomic E-state index is 10.7. The van der Waals surface area contributed by atoms with Crippen molar-refractivity contribution in [1.82, 2.24) is 0 Å². The molecule has 1 heterocycles. The summed E-state index contributed by atoms with van der Waals surface area (Å²) in [4.78, 5) is 10.7. The average molecular weight is 220 g/mol. The van der Waals surface area contributed by atoms with Crippen molar-refractivity contribution in [2.75, 3.05) is 6.61 Å². The van der Waals surface area contributed by atoms with Crippen LogP contribution in [0.3, 0.4) is 0 Å². The molecule has 7 heteroatoms. The number of hydrogen-bond acceptors (Lipinski definition) is 7. The standard InChI is InChI=1S/C8H12O7/c1-3(9)14-2-4(10)7-5(11)6(12)8(13)15-7/h3-4,7,9-12H,2H2,1H3. The van der Waals surface area contributed by atoms with Gasteiger partial charge in [0.2, 0.25) is 5.76 Å². The van der Waals surface area contributed by atoms with Crippen LogP contribution in [0.15, 0.2) is 11.5 Å². The first-order valence-corrected chi connectivity index (χ1v) is 4.24. The first-order valence-electron chi connectivity index (χ1n) is 4.24. The zero-order valence-electron chi connectivity index (χ0n) is 7.95. The number of esters is 1. The van der Waals surface area contributed by atoms with Gasteiger partial charge in [-0.3, -0.25) is 0 Å². The highest BCUT2D eigenvalue weighted by molar-refractivity contribution is 5.89. The fourth-order valence-corrected chi connectivity index (χ4v) is 1.05. The van der Waals surface area contributed by atoms with Crippen LogP contribution in [0.4, 0.5) is 0 Å². The van der Waals surface area contributed by atoms with E-state index in [-0.39, 0.29) is 6.61 Å². The summed E-state index contributed by atoms with van der Waals surface area (Å²) in [5.74, 6) is -2.76. The van der Waals surface area contributed by atoms with E-state index in [4.69, 9.17) is 15.3 Å². The van der Waals surface area contributed by atoms with Crippen LogP contribution in [-0.2, 0) is 14.3 Å². The molecule has 4 N–H and O–H groups in total. The highest BCUT2D eigenvalue weighted by Crippen LogP contribution is 2.21. The largest absolute Gasteiger partial charge is 0.505 e. The van der Waals surface area contributed by atoms with Gasteiger partial charge >= 0.3 is 5.97 Å². The second kappa shape index (κ2) is 4.47. The zero-order valence-corrected chi connectivity index (χ0v) is 7.95. The fourth-order valence-electron chi connectivity index (χ4n) is 1.05. The van der Waals surface area contributed by atoms with E-state index in [2.05, 4.69) is 9.47 Å². The van der Waals surface area contributed by atoms with E-state index in [1.54, 1.807) is 0 Å². The van der Waals surface area contributed by atoms with Gasteiger partial charge in [-0.05, 0) is 6.92 Å². The van der Waals surface area contributed by atoms with Crippen LogP contribution in [0.2, 0.25) is 0 Å². The second-order valence-electron chi connectivity index (χ2n) is 3.06. The Morgan fingerprint density at radius 3 is 2.47 bits per heavy atom. The van der Waals surface area contributed by atoms with E-state index in [0.717, 1.165) is 0 Å². The molecular formula is C8H12O7. The van der Waals surface area contributed by atoms with Crippen LogP contribution >= 0.6 is 0 Å². The summed E-state index contributed by atoms with van der Waals surface area (Å²) in [5.41, 5.74) is 0. The van der Waals surface area contributed by atoms with Crippen molar-refractivity contribution in [3.05, 3.63) is 11.5 Å². The summed E-state index contributed by atoms with van der Waals surface area (Å²) in [6, 6.07) is 0. The molecule has 15 heavy (non-hydrogen) atoms. The third-order valence-electron chi connectivity index (χ3n) is 1.80. The van der Waals surface area contributed by atoms with Crippen LogP contribution in [0.5, 0.6) is 0 Å². The molecule has 3 unspecified atom stereocenters. The van der Waals surface area contributed by atoms with Crippen LogP contribution in [0.1, 0.15) is 6.92 Å². The van der Waals surface area contributed by atoms with E-state index in [9.17, 15) is 9.90 Å². The molecule has 0 aliphatic carbocycles. The van der Waals surface area contributed by atoms with Crippen LogP contribution in [0, 0.1) is 0 Å². The molecule has 0 aromatic rings. The third-order valence-corrected chi connectivity index (χ3v) is 1.80. The molecule has 0 spiro atoms. The summed E-state index contributed by atoms with van der Waals surface area (Å²) in [6.07, 6.45) is -3.79. The summed E-state index contributed by atoms with van der Waals surface area (Å²) >= 11 is 0. The third kappa shape index (κ3) is 2.58. The van der Waals surface area contributed by atoms with Crippen LogP contribution in [-0.4, -0.2) is 51.5 Å². The predicted molar refractivity (Wildman–Crippen MR) is 45.8 cm³/mol. The number of carbonyl (C=O) groups is 1. The number of ether oxygens (including phenoxy) is 2. The predicted octanol–water partition coefficient (Wildman–Crippen LogP) is -1.04. The van der Waals surface area contributed by atoms with E-state index >= 15 is 0 Å². The molecular weight excluding hydrogens is 208 g/mol. The topological polar surface area (TPSA) is 116 Å². The van der Waals surface area contributed by atoms with Crippen molar-refractivity contribution >= 4 is 5.97 Å². The Labute approximate surface area is 85.2 Å². The summed E-state index contributed by atoms with van der Waals surface area (Å²) in [6.45, 7) is 0.994. The lowest BCUT2D eigenvalue weighted by molar-refractivity contribution is -0.154. The van der Waals surface area contributed by atoms with Gasteiger partial charge < -0.3 is 29.9 Å². The number of aliphatic hydroxyl groups excluding tert-OH is 4. The zero-order chi connectivity index (χ0) is 11.6. The highest BCUT2D eigenvalue weighted by atomic mass is 16.6. The van der Waals surface area contributed by atoms with Crippen LogP contribution in [0.25, 0.3) is 0 Å². The molecule has 0 bridgehead atoms. The molecule has 0 fully saturated rings. The molecule has 0 amide bonds. The Hall–Kier alpha value is -1.31. The molecule has 1 aliphatic heterocycles. The van der Waals surface area contributed by atoms with Gasteiger partial charge in [0, 0.05) is 0 Å². The lowest BCUT2D eigenvalue weighted by atomic mass is 10.2. The van der Waals surface area contributed by atoms with Gasteiger partial charge in [-0.15, -0.1) is 0 Å². The van der Waals surface area contributed by atoms with Crippen molar-refractivity contribution in [3.8, 4) is 0 Å². The molecule has 0 aromatic carbocycles. The Morgan fingerprint density at radius 1 is 1.47 bits per heavy atom. The Bertz CT molecular complexity index is 283. The Balaban J connectivity index is 2.55. The van der Waals surface area contributed by atoms with Gasteiger partial charge in [0.1, 0.15) is 6.10 Å². The minimum absolute atomic E-state index is 0.340. The number of hydrogen-bond donors (Lipinski definition) is 4. The smallest absolute Gasteiger partial charge is 0.377 e. The van der Waals surface area contributed by atoms with Crippen molar-refractivity contribution in [3.63, 3.8) is 0 Å². The SMILES string of the molecule is CC(O)OCC(O)C1OC(=O)C(O)=C1O. The summed E-state index contributed by atoms with van der Waals surface area (Å²) in [5, 5.41) is 36.2. The first kappa shape index (κ1) is 11.8. The number of rotatable bonds is 4. The molecule has 3 atom stereocenters. The van der Waals surface area contributed by atoms with Crippen molar-refractivity contribution in [2.24, 2.45) is 0 Å². The molecule has 1 aliphatic rings. The van der Waals surface area contributed by atoms with Gasteiger partial charge in [-0.25, -0.2) is 4.79 Å². The van der Waals surface area contributed by atoms with Crippen molar-refractivity contribution in [1.29, 1.82) is 0 Å². The minimum Gasteiger partial charge on any atom is -0.505 e. The summed E-state index contributed by atoms with van der Waals surface area (Å²) in [7, 11) is 0. The molecule has 1 rings (SSSR count). The van der Waals surface area contributed by atoms with Gasteiger partial charge in [-0.1, -0.05) is 0 Å². The normalized spacial score (nSPS) is 25.3. The van der Waals surface area contributed by atoms with Gasteiger partial charge in [-0.2, -0.15) is 0 Å². The number of cyclic esters (lactones) is 1. The Morgan fingerprint density at radius 2 is 2.07 bits per heavy atom. The van der Waals surface area contributed by atoms with Gasteiger partial charge in [0.25, 0.3) is 0 Å². The Kier molecular flexibility index (Phi) is 3.51.